The Labute approximate surface area is 224 Å². The molecule has 0 saturated heterocycles. The third-order valence-corrected chi connectivity index (χ3v) is 7.91. The topological polar surface area (TPSA) is 0 Å². The normalized spacial score (nSPS) is 12.4. The molecule has 4 aromatic rings. The zero-order valence-electron chi connectivity index (χ0n) is 17.6. The molecule has 0 saturated carbocycles. The van der Waals surface area contributed by atoms with Crippen LogP contribution in [0, 0.1) is 0 Å². The average Bonchev–Trinajstić information content (AvgIpc) is 3.30. The van der Waals surface area contributed by atoms with Crippen LogP contribution in [0.2, 0.25) is 0 Å². The van der Waals surface area contributed by atoms with Crippen molar-refractivity contribution in [2.24, 2.45) is 0 Å². The second-order valence-electron chi connectivity index (χ2n) is 7.38. The molecule has 4 aromatic carbocycles. The van der Waals surface area contributed by atoms with Crippen molar-refractivity contribution in [2.75, 3.05) is 0 Å². The molecule has 0 nitrogen and oxygen atoms in total. The van der Waals surface area contributed by atoms with E-state index >= 15 is 0 Å². The zero-order chi connectivity index (χ0) is 19.8. The monoisotopic (exact) mass is 546 g/mol. The maximum Gasteiger partial charge on any atom is 2.00 e. The summed E-state index contributed by atoms with van der Waals surface area (Å²) in [5, 5.41) is 0. The summed E-state index contributed by atoms with van der Waals surface area (Å²) in [6.07, 6.45) is 0. The van der Waals surface area contributed by atoms with Gasteiger partial charge in [0.2, 0.25) is 0 Å². The molecular weight excluding hydrogens is 527 g/mol. The van der Waals surface area contributed by atoms with Gasteiger partial charge in [0.25, 0.3) is 0 Å². The molecule has 2 aliphatic rings. The minimum absolute atomic E-state index is 0. The van der Waals surface area contributed by atoms with Crippen LogP contribution >= 0.6 is 0 Å². The number of halogens is 2. The van der Waals surface area contributed by atoms with Crippen LogP contribution in [0.1, 0.15) is 33.3 Å². The van der Waals surface area contributed by atoms with E-state index < -0.39 is 0 Å². The maximum absolute atomic E-state index is 3.00. The second kappa shape index (κ2) is 11.4. The first-order valence-electron chi connectivity index (χ1n) is 10.0. The minimum atomic E-state index is 0. The Hall–Kier alpha value is -1.70. The summed E-state index contributed by atoms with van der Waals surface area (Å²) in [5.41, 5.74) is 12.7. The Morgan fingerprint density at radius 1 is 0.438 bits per heavy atom. The van der Waals surface area contributed by atoms with E-state index in [-0.39, 0.29) is 51.0 Å². The van der Waals surface area contributed by atoms with E-state index in [1.165, 1.54) is 44.5 Å². The summed E-state index contributed by atoms with van der Waals surface area (Å²) < 4.78 is 0. The average molecular weight is 549 g/mol. The number of hydrogen-bond donors (Lipinski definition) is 0. The van der Waals surface area contributed by atoms with Crippen molar-refractivity contribution in [1.82, 2.24) is 0 Å². The van der Waals surface area contributed by atoms with Gasteiger partial charge in [-0.2, -0.15) is 0 Å². The van der Waals surface area contributed by atoms with Gasteiger partial charge >= 0.3 is 26.2 Å². The summed E-state index contributed by atoms with van der Waals surface area (Å²) in [5.74, 6) is 0. The van der Waals surface area contributed by atoms with Crippen molar-refractivity contribution in [3.05, 3.63) is 132 Å². The van der Waals surface area contributed by atoms with Crippen LogP contribution in [0.5, 0.6) is 0 Å². The van der Waals surface area contributed by atoms with Gasteiger partial charge in [-0.25, -0.2) is 0 Å². The molecule has 0 amide bonds. The maximum atomic E-state index is 3.00. The van der Waals surface area contributed by atoms with Crippen molar-refractivity contribution in [3.63, 3.8) is 0 Å². The first kappa shape index (κ1) is 26.6. The first-order chi connectivity index (χ1) is 14.4. The van der Waals surface area contributed by atoms with E-state index in [4.69, 9.17) is 0 Å². The molecule has 0 atom stereocenters. The van der Waals surface area contributed by atoms with E-state index in [1.54, 1.807) is 0 Å². The summed E-state index contributed by atoms with van der Waals surface area (Å²) in [6.45, 7) is 6.00. The fourth-order valence-electron chi connectivity index (χ4n) is 4.84. The SMILES string of the molecule is C=C.[Cl-].[Cl-].[Zr+2].c1ccc2c(c1)-c1ccccc1C2[Si]C1c2ccccc2-c2ccccc21. The van der Waals surface area contributed by atoms with Crippen LogP contribution in [0.25, 0.3) is 22.3 Å². The fraction of sp³-hybridized carbons (Fsp3) is 0.0714. The Kier molecular flexibility index (Phi) is 9.49. The molecule has 0 heterocycles. The van der Waals surface area contributed by atoms with E-state index in [1.807, 2.05) is 0 Å². The van der Waals surface area contributed by atoms with Crippen molar-refractivity contribution >= 4 is 9.52 Å². The van der Waals surface area contributed by atoms with Gasteiger partial charge in [0.05, 0.1) is 9.52 Å². The molecule has 0 N–H and O–H groups in total. The summed E-state index contributed by atoms with van der Waals surface area (Å²) >= 11 is 0. The Balaban J connectivity index is 0.000000708. The fourth-order valence-corrected chi connectivity index (χ4v) is 6.90. The molecule has 0 aliphatic heterocycles. The molecule has 2 aliphatic carbocycles. The van der Waals surface area contributed by atoms with E-state index in [2.05, 4.69) is 110 Å². The number of fused-ring (bicyclic) bond motifs is 6. The largest absolute Gasteiger partial charge is 2.00 e. The Morgan fingerprint density at radius 2 is 0.656 bits per heavy atom. The summed E-state index contributed by atoms with van der Waals surface area (Å²) in [7, 11) is 0.808. The Bertz CT molecular complexity index is 1020. The summed E-state index contributed by atoms with van der Waals surface area (Å²) in [6, 6.07) is 35.9. The van der Waals surface area contributed by atoms with Gasteiger partial charge in [0, 0.05) is 11.1 Å². The molecule has 0 fully saturated rings. The number of benzene rings is 4. The molecule has 32 heavy (non-hydrogen) atoms. The molecule has 4 heteroatoms. The second-order valence-corrected chi connectivity index (χ2v) is 8.87. The third-order valence-electron chi connectivity index (χ3n) is 6.00. The van der Waals surface area contributed by atoms with Gasteiger partial charge in [-0.1, -0.05) is 97.1 Å². The molecule has 0 unspecified atom stereocenters. The van der Waals surface area contributed by atoms with Crippen LogP contribution in [0.3, 0.4) is 0 Å². The van der Waals surface area contributed by atoms with E-state index in [9.17, 15) is 0 Å². The van der Waals surface area contributed by atoms with Gasteiger partial charge in [-0.05, 0) is 44.5 Å². The predicted octanol–water partition coefficient (Wildman–Crippen LogP) is 1.04. The van der Waals surface area contributed by atoms with Gasteiger partial charge in [-0.3, -0.25) is 0 Å². The van der Waals surface area contributed by atoms with Gasteiger partial charge in [0.1, 0.15) is 0 Å². The van der Waals surface area contributed by atoms with Crippen LogP contribution < -0.4 is 24.8 Å². The number of rotatable bonds is 2. The standard InChI is InChI=1S/C26H18Si.C2H4.2ClH.Zr/c1-5-13-21-17(9-1)18-10-2-6-14-22(18)25(21)27-26-23-15-7-3-11-19(23)20-12-4-8-16-24(20)26;1-2;;;/h1-16,25-26H;1-2H2;2*1H;/q;;;;+2/p-2. The van der Waals surface area contributed by atoms with Crippen LogP contribution in [0.15, 0.2) is 110 Å². The van der Waals surface area contributed by atoms with Gasteiger partial charge < -0.3 is 24.8 Å². The predicted molar refractivity (Wildman–Crippen MR) is 124 cm³/mol. The first-order valence-corrected chi connectivity index (χ1v) is 11.2. The van der Waals surface area contributed by atoms with Crippen molar-refractivity contribution in [2.45, 2.75) is 11.1 Å². The van der Waals surface area contributed by atoms with Crippen LogP contribution in [0.4, 0.5) is 0 Å². The third kappa shape index (κ3) is 4.27. The molecule has 0 spiro atoms. The molecule has 0 aromatic heterocycles. The smallest absolute Gasteiger partial charge is 1.00 e. The minimum Gasteiger partial charge on any atom is -1.00 e. The van der Waals surface area contributed by atoms with Crippen LogP contribution in [-0.4, -0.2) is 9.52 Å². The van der Waals surface area contributed by atoms with Crippen LogP contribution in [-0.2, 0) is 26.2 Å². The molecule has 2 radical (unpaired) electrons. The molecule has 6 rings (SSSR count). The number of hydrogen-bond acceptors (Lipinski definition) is 0. The van der Waals surface area contributed by atoms with Gasteiger partial charge in [0.15, 0.2) is 0 Å². The molecule has 156 valence electrons. The Morgan fingerprint density at radius 3 is 0.906 bits per heavy atom. The van der Waals surface area contributed by atoms with E-state index in [0.717, 1.165) is 9.52 Å². The van der Waals surface area contributed by atoms with Gasteiger partial charge in [-0.15, -0.1) is 13.2 Å². The zero-order valence-corrected chi connectivity index (χ0v) is 22.5. The van der Waals surface area contributed by atoms with Crippen molar-refractivity contribution in [3.8, 4) is 22.3 Å². The van der Waals surface area contributed by atoms with E-state index in [0.29, 0.717) is 11.1 Å². The van der Waals surface area contributed by atoms with Crippen molar-refractivity contribution < 1.29 is 51.0 Å². The quantitative estimate of drug-likeness (QED) is 0.260. The van der Waals surface area contributed by atoms with Crippen molar-refractivity contribution in [1.29, 1.82) is 0 Å². The molecule has 0 bridgehead atoms. The summed E-state index contributed by atoms with van der Waals surface area (Å²) in [4.78, 5) is 0. The molecular formula is C28H22Cl2SiZr.